The average Bonchev–Trinajstić information content (AvgIpc) is 2.75. The molecule has 6 nitrogen and oxygen atoms in total. The molecule has 9 heteroatoms. The number of fused-ring (bicyclic) bond motifs is 1. The summed E-state index contributed by atoms with van der Waals surface area (Å²) >= 11 is 0. The van der Waals surface area contributed by atoms with Gasteiger partial charge in [0.1, 0.15) is 6.10 Å². The van der Waals surface area contributed by atoms with Crippen molar-refractivity contribution in [3.63, 3.8) is 0 Å². The molecule has 0 amide bonds. The van der Waals surface area contributed by atoms with Gasteiger partial charge in [0.25, 0.3) is 5.78 Å². The molecule has 1 fully saturated rings. The number of esters is 1. The van der Waals surface area contributed by atoms with Crippen molar-refractivity contribution in [3.05, 3.63) is 23.8 Å². The van der Waals surface area contributed by atoms with E-state index in [0.717, 1.165) is 29.9 Å². The molecule has 1 aliphatic carbocycles. The molecular weight excluding hydrogens is 277 g/mol. The second-order valence-electron chi connectivity index (χ2n) is 4.49. The zero-order chi connectivity index (χ0) is 14.3. The first-order valence-electron chi connectivity index (χ1n) is 5.94. The van der Waals surface area contributed by atoms with Gasteiger partial charge in [-0.05, 0) is 19.3 Å². The number of carbonyl (C=O) groups excluding carboxylic acids is 1. The van der Waals surface area contributed by atoms with Crippen LogP contribution in [0.2, 0.25) is 0 Å². The van der Waals surface area contributed by atoms with Crippen LogP contribution >= 0.6 is 0 Å². The normalized spacial score (nSPS) is 16.1. The largest absolute Gasteiger partial charge is 0.456 e. The fraction of sp³-hybridized carbons (Fsp3) is 0.455. The Kier molecular flexibility index (Phi) is 2.84. The molecule has 0 N–H and O–H groups in total. The maximum Gasteiger partial charge on any atom is 0.419 e. The summed E-state index contributed by atoms with van der Waals surface area (Å²) in [6.07, 6.45) is -0.874. The van der Waals surface area contributed by atoms with Crippen molar-refractivity contribution in [2.45, 2.75) is 31.5 Å². The number of hydrogen-bond acceptors (Lipinski definition) is 5. The van der Waals surface area contributed by atoms with E-state index >= 15 is 0 Å². The second kappa shape index (κ2) is 4.43. The van der Waals surface area contributed by atoms with E-state index in [4.69, 9.17) is 4.74 Å². The molecule has 0 radical (unpaired) electrons. The van der Waals surface area contributed by atoms with E-state index < -0.39 is 17.7 Å². The van der Waals surface area contributed by atoms with Gasteiger partial charge in [-0.1, -0.05) is 0 Å². The van der Waals surface area contributed by atoms with Crippen LogP contribution in [0.3, 0.4) is 0 Å². The number of aromatic nitrogens is 4. The Morgan fingerprint density at radius 3 is 2.70 bits per heavy atom. The van der Waals surface area contributed by atoms with Gasteiger partial charge < -0.3 is 4.74 Å². The molecule has 0 atom stereocenters. The van der Waals surface area contributed by atoms with Gasteiger partial charge in [0.05, 0.1) is 5.56 Å². The van der Waals surface area contributed by atoms with Gasteiger partial charge >= 0.3 is 12.1 Å². The standard InChI is InChI=1S/C11H9F3N4O2/c12-11(13,14)6-4-15-10-17-16-8(18(10)5-6)9(19)20-7-2-1-3-7/h4-5,7H,1-3H2. The van der Waals surface area contributed by atoms with Crippen molar-refractivity contribution in [2.75, 3.05) is 0 Å². The summed E-state index contributed by atoms with van der Waals surface area (Å²) in [4.78, 5) is 15.4. The molecule has 0 spiro atoms. The number of rotatable bonds is 2. The second-order valence-corrected chi connectivity index (χ2v) is 4.49. The lowest BCUT2D eigenvalue weighted by atomic mass is 9.96. The monoisotopic (exact) mass is 286 g/mol. The summed E-state index contributed by atoms with van der Waals surface area (Å²) in [5.74, 6) is -1.17. The Balaban J connectivity index is 1.96. The van der Waals surface area contributed by atoms with Crippen LogP contribution in [0.25, 0.3) is 5.78 Å². The highest BCUT2D eigenvalue weighted by Crippen LogP contribution is 2.28. The van der Waals surface area contributed by atoms with Crippen LogP contribution in [-0.4, -0.2) is 31.7 Å². The number of alkyl halides is 3. The number of nitrogens with zero attached hydrogens (tertiary/aromatic N) is 4. The molecule has 2 aromatic heterocycles. The Morgan fingerprint density at radius 1 is 1.35 bits per heavy atom. The lowest BCUT2D eigenvalue weighted by molar-refractivity contribution is -0.138. The van der Waals surface area contributed by atoms with E-state index in [1.165, 1.54) is 0 Å². The van der Waals surface area contributed by atoms with Gasteiger partial charge in [-0.25, -0.2) is 9.78 Å². The van der Waals surface area contributed by atoms with Gasteiger partial charge in [-0.2, -0.15) is 13.2 Å². The molecular formula is C11H9F3N4O2. The maximum absolute atomic E-state index is 12.6. The summed E-state index contributed by atoms with van der Waals surface area (Å²) in [5, 5.41) is 7.09. The third-order valence-corrected chi connectivity index (χ3v) is 3.10. The molecule has 1 aliphatic rings. The smallest absolute Gasteiger partial charge is 0.419 e. The summed E-state index contributed by atoms with van der Waals surface area (Å²) < 4.78 is 43.8. The van der Waals surface area contributed by atoms with Crippen molar-refractivity contribution in [2.24, 2.45) is 0 Å². The van der Waals surface area contributed by atoms with E-state index in [0.29, 0.717) is 6.20 Å². The lowest BCUT2D eigenvalue weighted by Crippen LogP contribution is -2.26. The van der Waals surface area contributed by atoms with E-state index in [1.807, 2.05) is 0 Å². The minimum atomic E-state index is -4.55. The Labute approximate surface area is 110 Å². The lowest BCUT2D eigenvalue weighted by Gasteiger charge is -2.24. The highest BCUT2D eigenvalue weighted by Gasteiger charge is 2.33. The predicted octanol–water partition coefficient (Wildman–Crippen LogP) is 1.85. The number of hydrogen-bond donors (Lipinski definition) is 0. The van der Waals surface area contributed by atoms with Crippen molar-refractivity contribution in [1.29, 1.82) is 0 Å². The molecule has 0 saturated heterocycles. The average molecular weight is 286 g/mol. The summed E-state index contributed by atoms with van der Waals surface area (Å²) in [6.45, 7) is 0. The molecule has 2 aromatic rings. The number of halogens is 3. The number of carbonyl (C=O) groups is 1. The third kappa shape index (κ3) is 2.19. The first-order valence-corrected chi connectivity index (χ1v) is 5.94. The highest BCUT2D eigenvalue weighted by molar-refractivity contribution is 5.86. The topological polar surface area (TPSA) is 69.4 Å². The first-order chi connectivity index (χ1) is 9.45. The first kappa shape index (κ1) is 12.8. The number of ether oxygens (including phenoxy) is 1. The van der Waals surface area contributed by atoms with Crippen LogP contribution in [0.1, 0.15) is 35.4 Å². The summed E-state index contributed by atoms with van der Waals surface area (Å²) in [7, 11) is 0. The molecule has 106 valence electrons. The minimum Gasteiger partial charge on any atom is -0.456 e. The molecule has 20 heavy (non-hydrogen) atoms. The maximum atomic E-state index is 12.6. The Bertz CT molecular complexity index is 663. The van der Waals surface area contributed by atoms with Crippen molar-refractivity contribution < 1.29 is 22.7 Å². The van der Waals surface area contributed by atoms with Gasteiger partial charge in [-0.15, -0.1) is 10.2 Å². The van der Waals surface area contributed by atoms with Crippen molar-refractivity contribution in [3.8, 4) is 0 Å². The fourth-order valence-corrected chi connectivity index (χ4v) is 1.77. The van der Waals surface area contributed by atoms with Crippen LogP contribution in [0.15, 0.2) is 12.4 Å². The SMILES string of the molecule is O=C(OC1CCC1)c1nnc2ncc(C(F)(F)F)cn12. The minimum absolute atomic E-state index is 0.0847. The highest BCUT2D eigenvalue weighted by atomic mass is 19.4. The van der Waals surface area contributed by atoms with E-state index in [9.17, 15) is 18.0 Å². The van der Waals surface area contributed by atoms with Gasteiger partial charge in [0.15, 0.2) is 0 Å². The molecule has 3 rings (SSSR count). The summed E-state index contributed by atoms with van der Waals surface area (Å²) in [6, 6.07) is 0. The zero-order valence-corrected chi connectivity index (χ0v) is 10.1. The predicted molar refractivity (Wildman–Crippen MR) is 58.8 cm³/mol. The Hall–Kier alpha value is -2.19. The summed E-state index contributed by atoms with van der Waals surface area (Å²) in [5.41, 5.74) is -0.984. The van der Waals surface area contributed by atoms with Crippen LogP contribution < -0.4 is 0 Å². The molecule has 1 saturated carbocycles. The quantitative estimate of drug-likeness (QED) is 0.788. The van der Waals surface area contributed by atoms with E-state index in [-0.39, 0.29) is 17.7 Å². The van der Waals surface area contributed by atoms with E-state index in [1.54, 1.807) is 0 Å². The van der Waals surface area contributed by atoms with Crippen LogP contribution in [0, 0.1) is 0 Å². The molecule has 2 heterocycles. The molecule has 0 aliphatic heterocycles. The molecule has 0 aromatic carbocycles. The fourth-order valence-electron chi connectivity index (χ4n) is 1.77. The van der Waals surface area contributed by atoms with Crippen LogP contribution in [0.5, 0.6) is 0 Å². The van der Waals surface area contributed by atoms with Gasteiger partial charge in [0.2, 0.25) is 5.82 Å². The molecule has 0 unspecified atom stereocenters. The van der Waals surface area contributed by atoms with Crippen LogP contribution in [0.4, 0.5) is 13.2 Å². The van der Waals surface area contributed by atoms with Crippen molar-refractivity contribution in [1.82, 2.24) is 19.6 Å². The zero-order valence-electron chi connectivity index (χ0n) is 10.1. The molecule has 0 bridgehead atoms. The van der Waals surface area contributed by atoms with Crippen LogP contribution in [-0.2, 0) is 10.9 Å². The van der Waals surface area contributed by atoms with Gasteiger partial charge in [-0.3, -0.25) is 4.40 Å². The van der Waals surface area contributed by atoms with Gasteiger partial charge in [0, 0.05) is 12.4 Å². The third-order valence-electron chi connectivity index (χ3n) is 3.10. The van der Waals surface area contributed by atoms with E-state index in [2.05, 4.69) is 15.2 Å². The van der Waals surface area contributed by atoms with Crippen molar-refractivity contribution >= 4 is 11.7 Å². The Morgan fingerprint density at radius 2 is 2.10 bits per heavy atom.